The van der Waals surface area contributed by atoms with Crippen molar-refractivity contribution in [3.63, 3.8) is 0 Å². The van der Waals surface area contributed by atoms with Crippen LogP contribution in [0.2, 0.25) is 0 Å². The molecule has 1 saturated heterocycles. The quantitative estimate of drug-likeness (QED) is 0.665. The molecule has 1 aliphatic heterocycles. The van der Waals surface area contributed by atoms with Crippen molar-refractivity contribution >= 4 is 11.6 Å². The Kier molecular flexibility index (Phi) is 7.89. The first-order valence-corrected chi connectivity index (χ1v) is 9.22. The van der Waals surface area contributed by atoms with Crippen molar-refractivity contribution in [1.82, 2.24) is 5.32 Å². The van der Waals surface area contributed by atoms with E-state index < -0.39 is 0 Å². The smallest absolute Gasteiger partial charge is 0.275 e. The number of quaternary nitrogens is 1. The molecule has 0 unspecified atom stereocenters. The number of anilines is 1. The van der Waals surface area contributed by atoms with E-state index in [-0.39, 0.29) is 5.91 Å². The summed E-state index contributed by atoms with van der Waals surface area (Å²) in [6.07, 6.45) is 4.79. The van der Waals surface area contributed by atoms with Crippen LogP contribution in [0, 0.1) is 0 Å². The Morgan fingerprint density at radius 1 is 1.21 bits per heavy atom. The summed E-state index contributed by atoms with van der Waals surface area (Å²) in [5, 5.41) is 3.06. The van der Waals surface area contributed by atoms with E-state index in [2.05, 4.69) is 23.2 Å². The van der Waals surface area contributed by atoms with Crippen molar-refractivity contribution < 1.29 is 14.4 Å². The molecule has 0 radical (unpaired) electrons. The maximum Gasteiger partial charge on any atom is 0.275 e. The topological polar surface area (TPSA) is 46.0 Å². The lowest BCUT2D eigenvalue weighted by molar-refractivity contribution is -0.892. The standard InChI is InChI=1S/C19H31N3O2/c1-3-4-5-8-11-20-19(23)16-21-12-14-22(15-13-21)17-9-6-7-10-18(17)24-2/h6-7,9-10H,3-5,8,11-16H2,1-2H3,(H,20,23)/p+1. The highest BCUT2D eigenvalue weighted by molar-refractivity contribution is 5.76. The minimum absolute atomic E-state index is 0.187. The van der Waals surface area contributed by atoms with E-state index in [1.807, 2.05) is 18.2 Å². The summed E-state index contributed by atoms with van der Waals surface area (Å²) >= 11 is 0. The van der Waals surface area contributed by atoms with Crippen LogP contribution in [0.15, 0.2) is 24.3 Å². The number of methoxy groups -OCH3 is 1. The number of hydrogen-bond donors (Lipinski definition) is 2. The number of carbonyl (C=O) groups excluding carboxylic acids is 1. The monoisotopic (exact) mass is 334 g/mol. The van der Waals surface area contributed by atoms with Crippen LogP contribution < -0.4 is 19.9 Å². The highest BCUT2D eigenvalue weighted by Crippen LogP contribution is 2.27. The Morgan fingerprint density at radius 2 is 1.96 bits per heavy atom. The number of piperazine rings is 1. The summed E-state index contributed by atoms with van der Waals surface area (Å²) in [4.78, 5) is 15.8. The number of nitrogens with zero attached hydrogens (tertiary/aromatic N) is 1. The number of unbranched alkanes of at least 4 members (excludes halogenated alkanes) is 3. The Bertz CT molecular complexity index is 499. The van der Waals surface area contributed by atoms with E-state index in [0.29, 0.717) is 6.54 Å². The number of carbonyl (C=O) groups is 1. The molecule has 1 aliphatic rings. The molecule has 0 atom stereocenters. The van der Waals surface area contributed by atoms with Gasteiger partial charge in [-0.05, 0) is 18.6 Å². The van der Waals surface area contributed by atoms with Crippen LogP contribution in [-0.2, 0) is 4.79 Å². The summed E-state index contributed by atoms with van der Waals surface area (Å²) in [6, 6.07) is 8.14. The highest BCUT2D eigenvalue weighted by Gasteiger charge is 2.23. The second-order valence-electron chi connectivity index (χ2n) is 6.50. The van der Waals surface area contributed by atoms with Crippen molar-refractivity contribution in [3.05, 3.63) is 24.3 Å². The predicted molar refractivity (Wildman–Crippen MR) is 97.9 cm³/mol. The average Bonchev–Trinajstić information content (AvgIpc) is 2.62. The van der Waals surface area contributed by atoms with Gasteiger partial charge in [0.2, 0.25) is 0 Å². The molecule has 0 spiro atoms. The maximum absolute atomic E-state index is 12.0. The van der Waals surface area contributed by atoms with E-state index >= 15 is 0 Å². The fourth-order valence-electron chi connectivity index (χ4n) is 3.20. The van der Waals surface area contributed by atoms with Gasteiger partial charge in [0, 0.05) is 6.54 Å². The largest absolute Gasteiger partial charge is 0.495 e. The third kappa shape index (κ3) is 5.71. The number of benzene rings is 1. The second-order valence-corrected chi connectivity index (χ2v) is 6.50. The molecule has 2 N–H and O–H groups in total. The first kappa shape index (κ1) is 18.6. The highest BCUT2D eigenvalue weighted by atomic mass is 16.5. The number of ether oxygens (including phenoxy) is 1. The van der Waals surface area contributed by atoms with Crippen LogP contribution >= 0.6 is 0 Å². The van der Waals surface area contributed by atoms with Crippen LogP contribution in [-0.4, -0.2) is 52.3 Å². The molecule has 24 heavy (non-hydrogen) atoms. The van der Waals surface area contributed by atoms with Gasteiger partial charge in [-0.15, -0.1) is 0 Å². The van der Waals surface area contributed by atoms with E-state index in [0.717, 1.165) is 50.6 Å². The van der Waals surface area contributed by atoms with Gasteiger partial charge in [0.1, 0.15) is 5.75 Å². The molecule has 0 aliphatic carbocycles. The van der Waals surface area contributed by atoms with Gasteiger partial charge in [-0.1, -0.05) is 38.3 Å². The lowest BCUT2D eigenvalue weighted by Gasteiger charge is -2.34. The van der Waals surface area contributed by atoms with Gasteiger partial charge in [0.15, 0.2) is 6.54 Å². The van der Waals surface area contributed by atoms with Crippen LogP contribution in [0.3, 0.4) is 0 Å². The van der Waals surface area contributed by atoms with Crippen molar-refractivity contribution in [1.29, 1.82) is 0 Å². The number of amides is 1. The van der Waals surface area contributed by atoms with Crippen molar-refractivity contribution in [2.24, 2.45) is 0 Å². The van der Waals surface area contributed by atoms with Crippen LogP contribution in [0.25, 0.3) is 0 Å². The molecule has 1 aromatic rings. The normalized spacial score (nSPS) is 15.3. The molecule has 0 saturated carbocycles. The molecule has 1 heterocycles. The van der Waals surface area contributed by atoms with Crippen LogP contribution in [0.5, 0.6) is 5.75 Å². The third-order valence-corrected chi connectivity index (χ3v) is 4.66. The molecule has 5 nitrogen and oxygen atoms in total. The van der Waals surface area contributed by atoms with Gasteiger partial charge >= 0.3 is 0 Å². The predicted octanol–water partition coefficient (Wildman–Crippen LogP) is 1.10. The Labute approximate surface area is 146 Å². The zero-order chi connectivity index (χ0) is 17.2. The van der Waals surface area contributed by atoms with Crippen molar-refractivity contribution in [2.45, 2.75) is 32.6 Å². The van der Waals surface area contributed by atoms with Crippen LogP contribution in [0.4, 0.5) is 5.69 Å². The second kappa shape index (κ2) is 10.2. The molecule has 5 heteroatoms. The lowest BCUT2D eigenvalue weighted by atomic mass is 10.2. The van der Waals surface area contributed by atoms with E-state index in [4.69, 9.17) is 4.74 Å². The SMILES string of the molecule is CCCCCCNC(=O)C[NH+]1CCN(c2ccccc2OC)CC1. The van der Waals surface area contributed by atoms with Gasteiger partial charge in [-0.25, -0.2) is 0 Å². The Hall–Kier alpha value is -1.75. The minimum atomic E-state index is 0.187. The molecular weight excluding hydrogens is 302 g/mol. The zero-order valence-electron chi connectivity index (χ0n) is 15.1. The molecule has 0 aromatic heterocycles. The zero-order valence-corrected chi connectivity index (χ0v) is 15.1. The number of hydrogen-bond acceptors (Lipinski definition) is 3. The summed E-state index contributed by atoms with van der Waals surface area (Å²) in [6.45, 7) is 7.50. The van der Waals surface area contributed by atoms with Gasteiger partial charge in [0.05, 0.1) is 39.0 Å². The molecule has 1 aromatic carbocycles. The van der Waals surface area contributed by atoms with Crippen LogP contribution in [0.1, 0.15) is 32.6 Å². The number of rotatable bonds is 9. The summed E-state index contributed by atoms with van der Waals surface area (Å²) in [7, 11) is 1.71. The van der Waals surface area contributed by atoms with Gasteiger partial charge in [-0.2, -0.15) is 0 Å². The molecule has 1 amide bonds. The Morgan fingerprint density at radius 3 is 2.67 bits per heavy atom. The summed E-state index contributed by atoms with van der Waals surface area (Å²) in [5.41, 5.74) is 1.15. The number of nitrogens with one attached hydrogen (secondary N) is 2. The van der Waals surface area contributed by atoms with Crippen molar-refractivity contribution in [3.8, 4) is 5.75 Å². The fraction of sp³-hybridized carbons (Fsp3) is 0.632. The third-order valence-electron chi connectivity index (χ3n) is 4.66. The number of para-hydroxylation sites is 2. The van der Waals surface area contributed by atoms with E-state index in [1.54, 1.807) is 7.11 Å². The maximum atomic E-state index is 12.0. The van der Waals surface area contributed by atoms with Gasteiger partial charge in [0.25, 0.3) is 5.91 Å². The first-order chi connectivity index (χ1) is 11.7. The lowest BCUT2D eigenvalue weighted by Crippen LogP contribution is -3.15. The molecule has 0 bridgehead atoms. The minimum Gasteiger partial charge on any atom is -0.495 e. The first-order valence-electron chi connectivity index (χ1n) is 9.22. The molecule has 2 rings (SSSR count). The van der Waals surface area contributed by atoms with E-state index in [9.17, 15) is 4.79 Å². The van der Waals surface area contributed by atoms with E-state index in [1.165, 1.54) is 24.2 Å². The molecular formula is C19H32N3O2+. The summed E-state index contributed by atoms with van der Waals surface area (Å²) < 4.78 is 5.45. The van der Waals surface area contributed by atoms with Crippen molar-refractivity contribution in [2.75, 3.05) is 51.3 Å². The Balaban J connectivity index is 1.70. The molecule has 134 valence electrons. The average molecular weight is 334 g/mol. The summed E-state index contributed by atoms with van der Waals surface area (Å²) in [5.74, 6) is 1.11. The fourth-order valence-corrected chi connectivity index (χ4v) is 3.20. The van der Waals surface area contributed by atoms with Gasteiger partial charge < -0.3 is 19.9 Å². The molecule has 1 fully saturated rings. The van der Waals surface area contributed by atoms with Gasteiger partial charge in [-0.3, -0.25) is 4.79 Å².